The van der Waals surface area contributed by atoms with Gasteiger partial charge in [-0.15, -0.1) is 0 Å². The fourth-order valence-corrected chi connectivity index (χ4v) is 3.25. The van der Waals surface area contributed by atoms with Crippen LogP contribution in [0.15, 0.2) is 27.9 Å². The summed E-state index contributed by atoms with van der Waals surface area (Å²) in [4.78, 5) is 9.88. The summed E-state index contributed by atoms with van der Waals surface area (Å²) >= 11 is 9.29. The fraction of sp³-hybridized carbons (Fsp3) is 0.312. The lowest BCUT2D eigenvalue weighted by Gasteiger charge is -2.27. The number of phenols is 1. The topological polar surface area (TPSA) is 82.9 Å². The second-order valence-electron chi connectivity index (χ2n) is 5.56. The number of morpholine rings is 1. The Hall–Kier alpha value is -1.97. The average Bonchev–Trinajstić information content (AvgIpc) is 2.64. The van der Waals surface area contributed by atoms with Crippen molar-refractivity contribution in [1.29, 1.82) is 0 Å². The van der Waals surface area contributed by atoms with Crippen LogP contribution in [-0.4, -0.2) is 47.1 Å². The maximum Gasteiger partial charge on any atom is 0.245 e. The van der Waals surface area contributed by atoms with Crippen molar-refractivity contribution in [3.8, 4) is 5.75 Å². The number of ether oxygens (including phenoxy) is 1. The van der Waals surface area contributed by atoms with Crippen molar-refractivity contribution >= 4 is 45.0 Å². The number of hydrogen-bond acceptors (Lipinski definition) is 7. The minimum atomic E-state index is -0.505. The molecule has 1 aliphatic heterocycles. The third-order valence-corrected chi connectivity index (χ3v) is 4.52. The third kappa shape index (κ3) is 4.22. The Morgan fingerprint density at radius 2 is 2.15 bits per heavy atom. The van der Waals surface area contributed by atoms with Crippen LogP contribution in [0.2, 0.25) is 5.02 Å². The van der Waals surface area contributed by atoms with Gasteiger partial charge >= 0.3 is 0 Å². The molecular formula is C16H16BrClFN5O2. The lowest BCUT2D eigenvalue weighted by atomic mass is 10.1. The van der Waals surface area contributed by atoms with E-state index in [4.69, 9.17) is 16.3 Å². The first-order valence-electron chi connectivity index (χ1n) is 7.79. The van der Waals surface area contributed by atoms with E-state index in [0.29, 0.717) is 42.1 Å². The van der Waals surface area contributed by atoms with E-state index in [0.717, 1.165) is 6.20 Å². The monoisotopic (exact) mass is 443 g/mol. The molecule has 2 heterocycles. The SMILES string of the molecule is C/C(=N\Nc1ncc(F)c(N2CCOCC2)n1)c1cc(Br)cc(Cl)c1O. The van der Waals surface area contributed by atoms with Gasteiger partial charge < -0.3 is 14.7 Å². The summed E-state index contributed by atoms with van der Waals surface area (Å²) in [7, 11) is 0. The highest BCUT2D eigenvalue weighted by Crippen LogP contribution is 2.31. The summed E-state index contributed by atoms with van der Waals surface area (Å²) in [6.07, 6.45) is 1.10. The molecule has 0 amide bonds. The summed E-state index contributed by atoms with van der Waals surface area (Å²) in [5, 5.41) is 14.4. The molecule has 1 aromatic carbocycles. The maximum atomic E-state index is 14.0. The second kappa shape index (κ2) is 8.15. The highest BCUT2D eigenvalue weighted by atomic mass is 79.9. The highest BCUT2D eigenvalue weighted by molar-refractivity contribution is 9.10. The molecule has 26 heavy (non-hydrogen) atoms. The molecule has 0 radical (unpaired) electrons. The molecule has 0 unspecified atom stereocenters. The Kier molecular flexibility index (Phi) is 5.90. The zero-order valence-corrected chi connectivity index (χ0v) is 16.2. The lowest BCUT2D eigenvalue weighted by Crippen LogP contribution is -2.37. The summed E-state index contributed by atoms with van der Waals surface area (Å²) in [6.45, 7) is 3.84. The first kappa shape index (κ1) is 18.8. The predicted molar refractivity (Wildman–Crippen MR) is 102 cm³/mol. The van der Waals surface area contributed by atoms with Gasteiger partial charge in [-0.1, -0.05) is 27.5 Å². The molecule has 7 nitrogen and oxygen atoms in total. The van der Waals surface area contributed by atoms with Crippen LogP contribution in [-0.2, 0) is 4.74 Å². The van der Waals surface area contributed by atoms with Crippen LogP contribution in [0.1, 0.15) is 12.5 Å². The van der Waals surface area contributed by atoms with E-state index in [-0.39, 0.29) is 22.5 Å². The van der Waals surface area contributed by atoms with Crippen molar-refractivity contribution in [2.24, 2.45) is 5.10 Å². The molecule has 2 aromatic rings. The zero-order valence-electron chi connectivity index (χ0n) is 13.8. The summed E-state index contributed by atoms with van der Waals surface area (Å²) < 4.78 is 20.0. The Morgan fingerprint density at radius 3 is 2.88 bits per heavy atom. The molecule has 0 aliphatic carbocycles. The molecule has 1 fully saturated rings. The van der Waals surface area contributed by atoms with E-state index >= 15 is 0 Å². The second-order valence-corrected chi connectivity index (χ2v) is 6.88. The molecule has 0 bridgehead atoms. The molecule has 10 heteroatoms. The number of anilines is 2. The third-order valence-electron chi connectivity index (χ3n) is 3.78. The molecule has 138 valence electrons. The number of nitrogens with zero attached hydrogens (tertiary/aromatic N) is 4. The summed E-state index contributed by atoms with van der Waals surface area (Å²) in [5.41, 5.74) is 3.60. The van der Waals surface area contributed by atoms with Crippen LogP contribution in [0.3, 0.4) is 0 Å². The van der Waals surface area contributed by atoms with Crippen molar-refractivity contribution in [3.05, 3.63) is 39.2 Å². The maximum absolute atomic E-state index is 14.0. The average molecular weight is 445 g/mol. The first-order valence-corrected chi connectivity index (χ1v) is 8.96. The number of aromatic hydroxyl groups is 1. The molecule has 2 N–H and O–H groups in total. The summed E-state index contributed by atoms with van der Waals surface area (Å²) in [6, 6.07) is 3.27. The quantitative estimate of drug-likeness (QED) is 0.555. The largest absolute Gasteiger partial charge is 0.506 e. The minimum Gasteiger partial charge on any atom is -0.506 e. The predicted octanol–water partition coefficient (Wildman–Crippen LogP) is 3.41. The van der Waals surface area contributed by atoms with Crippen molar-refractivity contribution in [2.75, 3.05) is 36.6 Å². The standard InChI is InChI=1S/C16H16BrClFN5O2/c1-9(11-6-10(17)7-12(18)14(11)25)22-23-16-20-8-13(19)15(21-16)24-2-4-26-5-3-24/h6-8,25H,2-5H2,1H3,(H,20,21,23)/b22-9+. The van der Waals surface area contributed by atoms with Gasteiger partial charge in [0, 0.05) is 23.1 Å². The van der Waals surface area contributed by atoms with Crippen LogP contribution in [0.5, 0.6) is 5.75 Å². The van der Waals surface area contributed by atoms with E-state index < -0.39 is 5.82 Å². The number of nitrogens with one attached hydrogen (secondary N) is 1. The molecular weight excluding hydrogens is 429 g/mol. The van der Waals surface area contributed by atoms with E-state index in [1.54, 1.807) is 24.0 Å². The van der Waals surface area contributed by atoms with Gasteiger partial charge in [0.15, 0.2) is 11.6 Å². The Bertz CT molecular complexity index is 846. The Morgan fingerprint density at radius 1 is 1.42 bits per heavy atom. The first-order chi connectivity index (χ1) is 12.5. The summed E-state index contributed by atoms with van der Waals surface area (Å²) in [5.74, 6) is -0.235. The number of rotatable bonds is 4. The number of hydrogen-bond donors (Lipinski definition) is 2. The van der Waals surface area contributed by atoms with E-state index in [2.05, 4.69) is 36.4 Å². The van der Waals surface area contributed by atoms with E-state index in [1.807, 2.05) is 0 Å². The van der Waals surface area contributed by atoms with Gasteiger partial charge in [-0.05, 0) is 19.1 Å². The highest BCUT2D eigenvalue weighted by Gasteiger charge is 2.18. The molecule has 1 saturated heterocycles. The number of benzene rings is 1. The molecule has 0 spiro atoms. The van der Waals surface area contributed by atoms with Gasteiger partial charge in [-0.3, -0.25) is 0 Å². The van der Waals surface area contributed by atoms with Crippen molar-refractivity contribution in [2.45, 2.75) is 6.92 Å². The van der Waals surface area contributed by atoms with E-state index in [9.17, 15) is 9.50 Å². The molecule has 0 saturated carbocycles. The van der Waals surface area contributed by atoms with Crippen LogP contribution in [0.4, 0.5) is 16.2 Å². The zero-order chi connectivity index (χ0) is 18.7. The minimum absolute atomic E-state index is 0.0769. The molecule has 1 aliphatic rings. The van der Waals surface area contributed by atoms with Crippen molar-refractivity contribution < 1.29 is 14.2 Å². The Balaban J connectivity index is 1.82. The van der Waals surface area contributed by atoms with Gasteiger partial charge in [-0.25, -0.2) is 14.8 Å². The van der Waals surface area contributed by atoms with Gasteiger partial charge in [-0.2, -0.15) is 10.1 Å². The van der Waals surface area contributed by atoms with Crippen molar-refractivity contribution in [3.63, 3.8) is 0 Å². The van der Waals surface area contributed by atoms with Crippen LogP contribution < -0.4 is 10.3 Å². The van der Waals surface area contributed by atoms with Crippen molar-refractivity contribution in [1.82, 2.24) is 9.97 Å². The van der Waals surface area contributed by atoms with Crippen LogP contribution in [0, 0.1) is 5.82 Å². The number of aromatic nitrogens is 2. The van der Waals surface area contributed by atoms with Gasteiger partial charge in [0.2, 0.25) is 5.95 Å². The van der Waals surface area contributed by atoms with Gasteiger partial charge in [0.1, 0.15) is 5.75 Å². The van der Waals surface area contributed by atoms with Gasteiger partial charge in [0.25, 0.3) is 0 Å². The van der Waals surface area contributed by atoms with Crippen LogP contribution >= 0.6 is 27.5 Å². The number of hydrazone groups is 1. The fourth-order valence-electron chi connectivity index (χ4n) is 2.44. The normalized spacial score (nSPS) is 15.2. The lowest BCUT2D eigenvalue weighted by molar-refractivity contribution is 0.122. The number of halogens is 3. The smallest absolute Gasteiger partial charge is 0.245 e. The van der Waals surface area contributed by atoms with Crippen LogP contribution in [0.25, 0.3) is 0 Å². The van der Waals surface area contributed by atoms with Gasteiger partial charge in [0.05, 0.1) is 30.1 Å². The van der Waals surface area contributed by atoms with E-state index in [1.165, 1.54) is 0 Å². The number of phenolic OH excluding ortho intramolecular Hbond substituents is 1. The molecule has 3 rings (SSSR count). The molecule has 1 aromatic heterocycles. The molecule has 0 atom stereocenters. The Labute approximate surface area is 163 Å².